The minimum atomic E-state index is -4.71. The number of para-hydroxylation sites is 1. The molecule has 0 spiro atoms. The number of likely N-dealkylation sites (N-methyl/N-ethyl adjacent to an activating group) is 3. The Balaban J connectivity index is 2.16. The van der Waals surface area contributed by atoms with E-state index in [4.69, 9.17) is 15.7 Å². The van der Waals surface area contributed by atoms with Crippen molar-refractivity contribution in [3.8, 4) is 6.07 Å². The molecule has 0 aliphatic rings. The highest BCUT2D eigenvalue weighted by Crippen LogP contribution is 2.31. The fourth-order valence-corrected chi connectivity index (χ4v) is 8.88. The minimum Gasteiger partial charge on any atom is -0.479 e. The number of hydrogen-bond donors (Lipinski definition) is 2. The molecule has 3 amide bonds. The van der Waals surface area contributed by atoms with E-state index in [1.54, 1.807) is 13.0 Å². The molecular weight excluding hydrogens is 990 g/mol. The Bertz CT molecular complexity index is 2370. The van der Waals surface area contributed by atoms with Crippen LogP contribution in [0, 0.1) is 35.0 Å². The SMILES string of the molecule is CC[C@H](N)C(=O)N(C)[C@@H](CC(C)C)C(=O)C[C@@H](CCC(F)(F)F)C(=O)N(C)[C@@H](Cc1cn(Cc2ccc(Br)cc2)c2ccccc12)C(=O)C[C@@H](CC(C)C)C(=O)N(C)[C@@H](C)C(=O)O[C@H](CCC#N)C(=O)O. The van der Waals surface area contributed by atoms with Gasteiger partial charge in [-0.1, -0.05) is 80.9 Å². The van der Waals surface area contributed by atoms with Gasteiger partial charge in [0.25, 0.3) is 0 Å². The number of amides is 3. The molecule has 2 aromatic carbocycles. The van der Waals surface area contributed by atoms with Crippen LogP contribution in [0.15, 0.2) is 59.2 Å². The van der Waals surface area contributed by atoms with E-state index in [1.165, 1.54) is 33.0 Å². The molecule has 19 heteroatoms. The van der Waals surface area contributed by atoms with Gasteiger partial charge in [-0.2, -0.15) is 18.4 Å². The highest BCUT2D eigenvalue weighted by Gasteiger charge is 2.40. The van der Waals surface area contributed by atoms with Crippen molar-refractivity contribution < 1.29 is 56.6 Å². The van der Waals surface area contributed by atoms with Gasteiger partial charge in [0.05, 0.1) is 24.2 Å². The van der Waals surface area contributed by atoms with Crippen molar-refractivity contribution in [1.29, 1.82) is 5.26 Å². The zero-order valence-electron chi connectivity index (χ0n) is 42.2. The second kappa shape index (κ2) is 27.3. The number of benzene rings is 2. The Morgan fingerprint density at radius 3 is 1.93 bits per heavy atom. The number of carboxylic acids is 1. The third-order valence-corrected chi connectivity index (χ3v) is 13.4. The van der Waals surface area contributed by atoms with Gasteiger partial charge in [0, 0.05) is 99.6 Å². The zero-order chi connectivity index (χ0) is 53.5. The Labute approximate surface area is 423 Å². The molecule has 0 aliphatic heterocycles. The first-order valence-corrected chi connectivity index (χ1v) is 24.8. The fraction of sp³-hybridized carbons (Fsp3) is 0.577. The lowest BCUT2D eigenvalue weighted by molar-refractivity contribution is -0.169. The van der Waals surface area contributed by atoms with Crippen LogP contribution in [0.1, 0.15) is 110 Å². The molecule has 3 aromatic rings. The van der Waals surface area contributed by atoms with Crippen molar-refractivity contribution >= 4 is 68.1 Å². The van der Waals surface area contributed by atoms with Gasteiger partial charge >= 0.3 is 18.1 Å². The number of carbonyl (C=O) groups is 7. The van der Waals surface area contributed by atoms with Crippen LogP contribution >= 0.6 is 15.9 Å². The number of halogens is 4. The van der Waals surface area contributed by atoms with Crippen LogP contribution in [0.5, 0.6) is 0 Å². The summed E-state index contributed by atoms with van der Waals surface area (Å²) in [4.78, 5) is 100. The topological polar surface area (TPSA) is 213 Å². The standard InChI is InChI=1S/C52H70BrF3N6O9/c1-10-40(58)49(67)61(9)42(25-32(4)5)44(63)27-35(21-22-52(54,55)56)47(65)60(8)43(26-37-30-62(41-15-12-11-14-39(37)41)29-34-17-19-38(53)20-18-34)45(64)28-36(24-31(2)3)48(66)59(7)33(6)51(70)71-46(50(68)69)16-13-23-57/h11-12,14-15,17-20,30-33,35-36,40,42-43,46H,10,13,16,21-22,24-29,58H2,1-9H3,(H,68,69)/t33-,35+,36+,40-,42-,43-,46+/m0/s1. The average Bonchev–Trinajstić information content (AvgIpc) is 3.66. The summed E-state index contributed by atoms with van der Waals surface area (Å²) < 4.78 is 50.1. The second-order valence-electron chi connectivity index (χ2n) is 19.3. The molecule has 1 aromatic heterocycles. The number of esters is 1. The molecule has 0 fully saturated rings. The number of aromatic nitrogens is 1. The maximum Gasteiger partial charge on any atom is 0.389 e. The average molecular weight is 1060 g/mol. The number of nitrogens with two attached hydrogens (primary N) is 1. The predicted octanol–water partition coefficient (Wildman–Crippen LogP) is 8.12. The van der Waals surface area contributed by atoms with E-state index in [-0.39, 0.29) is 50.4 Å². The molecule has 0 aliphatic carbocycles. The van der Waals surface area contributed by atoms with Crippen molar-refractivity contribution in [2.75, 3.05) is 21.1 Å². The maximum atomic E-state index is 15.1. The summed E-state index contributed by atoms with van der Waals surface area (Å²) in [6, 6.07) is 12.1. The van der Waals surface area contributed by atoms with Crippen LogP contribution in [-0.2, 0) is 51.3 Å². The maximum absolute atomic E-state index is 15.1. The smallest absolute Gasteiger partial charge is 0.389 e. The largest absolute Gasteiger partial charge is 0.479 e. The summed E-state index contributed by atoms with van der Waals surface area (Å²) in [5.74, 6) is -8.87. The Morgan fingerprint density at radius 2 is 1.37 bits per heavy atom. The van der Waals surface area contributed by atoms with Crippen LogP contribution in [0.4, 0.5) is 13.2 Å². The first-order valence-electron chi connectivity index (χ1n) is 24.0. The molecule has 0 saturated heterocycles. The van der Waals surface area contributed by atoms with Gasteiger partial charge in [-0.15, -0.1) is 0 Å². The predicted molar refractivity (Wildman–Crippen MR) is 265 cm³/mol. The number of ketones is 2. The van der Waals surface area contributed by atoms with Crippen LogP contribution in [0.25, 0.3) is 10.9 Å². The number of carbonyl (C=O) groups excluding carboxylic acids is 6. The van der Waals surface area contributed by atoms with Gasteiger partial charge in [0.15, 0.2) is 17.7 Å². The van der Waals surface area contributed by atoms with Crippen LogP contribution in [-0.4, -0.2) is 123 Å². The van der Waals surface area contributed by atoms with Gasteiger partial charge in [-0.05, 0) is 73.8 Å². The number of nitriles is 1. The summed E-state index contributed by atoms with van der Waals surface area (Å²) in [6.07, 6.45) is -7.95. The normalized spacial score (nSPS) is 14.7. The molecule has 0 saturated carbocycles. The fourth-order valence-electron chi connectivity index (χ4n) is 8.61. The Morgan fingerprint density at radius 1 is 0.803 bits per heavy atom. The molecule has 3 rings (SSSR count). The van der Waals surface area contributed by atoms with Crippen LogP contribution in [0.3, 0.4) is 0 Å². The third-order valence-electron chi connectivity index (χ3n) is 12.8. The lowest BCUT2D eigenvalue weighted by Gasteiger charge is -2.34. The molecule has 3 N–H and O–H groups in total. The molecule has 0 radical (unpaired) electrons. The number of alkyl halides is 3. The quantitative estimate of drug-likeness (QED) is 0.0663. The van der Waals surface area contributed by atoms with Crippen molar-refractivity contribution in [1.82, 2.24) is 19.3 Å². The number of fused-ring (bicyclic) bond motifs is 1. The van der Waals surface area contributed by atoms with Gasteiger partial charge in [-0.25, -0.2) is 9.59 Å². The summed E-state index contributed by atoms with van der Waals surface area (Å²) in [7, 11) is 4.01. The number of aliphatic carboxylic acids is 1. The highest BCUT2D eigenvalue weighted by atomic mass is 79.9. The Hall–Kier alpha value is -5.61. The lowest BCUT2D eigenvalue weighted by Crippen LogP contribution is -2.51. The number of hydrogen-bond acceptors (Lipinski definition) is 10. The first-order chi connectivity index (χ1) is 33.2. The van der Waals surface area contributed by atoms with E-state index in [9.17, 15) is 47.0 Å². The lowest BCUT2D eigenvalue weighted by atomic mass is 9.86. The summed E-state index contributed by atoms with van der Waals surface area (Å²) in [6.45, 7) is 10.7. The monoisotopic (exact) mass is 1060 g/mol. The van der Waals surface area contributed by atoms with E-state index in [2.05, 4.69) is 15.9 Å². The van der Waals surface area contributed by atoms with Crippen LogP contribution in [0.2, 0.25) is 0 Å². The van der Waals surface area contributed by atoms with Crippen molar-refractivity contribution in [2.45, 2.75) is 149 Å². The van der Waals surface area contributed by atoms with E-state index < -0.39 is 115 Å². The van der Waals surface area contributed by atoms with Crippen LogP contribution < -0.4 is 5.73 Å². The van der Waals surface area contributed by atoms with E-state index in [0.717, 1.165) is 30.7 Å². The van der Waals surface area contributed by atoms with Gasteiger partial charge in [0.2, 0.25) is 17.7 Å². The summed E-state index contributed by atoms with van der Waals surface area (Å²) in [5, 5.41) is 19.3. The van der Waals surface area contributed by atoms with E-state index in [0.29, 0.717) is 12.1 Å². The van der Waals surface area contributed by atoms with E-state index >= 15 is 4.79 Å². The molecule has 71 heavy (non-hydrogen) atoms. The molecule has 0 bridgehead atoms. The van der Waals surface area contributed by atoms with Crippen molar-refractivity contribution in [3.63, 3.8) is 0 Å². The first kappa shape index (κ1) is 59.7. The number of carboxylic acid groups (broad SMARTS) is 1. The molecule has 0 unspecified atom stereocenters. The minimum absolute atomic E-state index is 0.126. The number of ether oxygens (including phenoxy) is 1. The zero-order valence-corrected chi connectivity index (χ0v) is 43.8. The highest BCUT2D eigenvalue weighted by molar-refractivity contribution is 9.10. The molecule has 7 atom stereocenters. The molecule has 390 valence electrons. The van der Waals surface area contributed by atoms with Crippen molar-refractivity contribution in [3.05, 3.63) is 70.3 Å². The summed E-state index contributed by atoms with van der Waals surface area (Å²) >= 11 is 3.46. The molecular formula is C52H70BrF3N6O9. The van der Waals surface area contributed by atoms with Gasteiger partial charge in [0.1, 0.15) is 6.04 Å². The number of Topliss-reactive ketones (excluding diaryl/α,β-unsaturated/α-hetero) is 2. The number of rotatable bonds is 28. The van der Waals surface area contributed by atoms with E-state index in [1.807, 2.05) is 87.0 Å². The van der Waals surface area contributed by atoms with Crippen molar-refractivity contribution in [2.24, 2.45) is 29.4 Å². The van der Waals surface area contributed by atoms with Gasteiger partial charge < -0.3 is 34.8 Å². The Kier molecular flexibility index (Phi) is 22.9. The molecule has 1 heterocycles. The van der Waals surface area contributed by atoms with Gasteiger partial charge in [-0.3, -0.25) is 24.0 Å². The second-order valence-corrected chi connectivity index (χ2v) is 20.2. The molecule has 15 nitrogen and oxygen atoms in total. The third kappa shape index (κ3) is 17.6. The summed E-state index contributed by atoms with van der Waals surface area (Å²) in [5.41, 5.74) is 8.41. The number of nitrogens with zero attached hydrogens (tertiary/aromatic N) is 5.